The molecule has 0 aliphatic heterocycles. The van der Waals surface area contributed by atoms with Gasteiger partial charge in [-0.2, -0.15) is 0 Å². The Morgan fingerprint density at radius 1 is 0.870 bits per heavy atom. The number of ketones is 1. The molecule has 0 spiro atoms. The average molecular weight is 313 g/mol. The van der Waals surface area contributed by atoms with Gasteiger partial charge in [-0.1, -0.05) is 0 Å². The predicted molar refractivity (Wildman–Crippen MR) is 81.9 cm³/mol. The van der Waals surface area contributed by atoms with Gasteiger partial charge in [-0.25, -0.2) is 9.18 Å². The minimum Gasteiger partial charge on any atom is -0.478 e. The first-order valence-electron chi connectivity index (χ1n) is 6.58. The van der Waals surface area contributed by atoms with E-state index >= 15 is 0 Å². The highest BCUT2D eigenvalue weighted by Crippen LogP contribution is 2.12. The summed E-state index contributed by atoms with van der Waals surface area (Å²) in [6.45, 7) is 0. The third kappa shape index (κ3) is 4.60. The molecule has 5 nitrogen and oxygen atoms in total. The molecule has 23 heavy (non-hydrogen) atoms. The molecule has 116 valence electrons. The van der Waals surface area contributed by atoms with Crippen molar-refractivity contribution in [2.24, 2.45) is 0 Å². The minimum absolute atomic E-state index is 0.294. The van der Waals surface area contributed by atoms with Crippen LogP contribution in [0, 0.1) is 5.82 Å². The number of allylic oxidation sites excluding steroid dienone is 1. The number of carbonyl (C=O) groups excluding carboxylic acids is 2. The molecule has 2 rings (SSSR count). The summed E-state index contributed by atoms with van der Waals surface area (Å²) < 4.78 is 12.8. The number of aliphatic carboxylic acids is 1. The number of anilines is 1. The van der Waals surface area contributed by atoms with Gasteiger partial charge in [0.2, 0.25) is 0 Å². The predicted octanol–water partition coefficient (Wildman–Crippen LogP) is 2.90. The normalized spacial score (nSPS) is 10.5. The van der Waals surface area contributed by atoms with Gasteiger partial charge in [-0.3, -0.25) is 9.59 Å². The van der Waals surface area contributed by atoms with Crippen molar-refractivity contribution in [3.05, 3.63) is 77.6 Å². The summed E-state index contributed by atoms with van der Waals surface area (Å²) in [5.74, 6) is -2.50. The fourth-order valence-electron chi connectivity index (χ4n) is 1.77. The minimum atomic E-state index is -1.21. The van der Waals surface area contributed by atoms with E-state index in [1.54, 1.807) is 0 Å². The van der Waals surface area contributed by atoms with Crippen LogP contribution in [0.4, 0.5) is 10.1 Å². The summed E-state index contributed by atoms with van der Waals surface area (Å²) in [4.78, 5) is 34.0. The van der Waals surface area contributed by atoms with Crippen LogP contribution in [0.2, 0.25) is 0 Å². The number of carboxylic acid groups (broad SMARTS) is 1. The Balaban J connectivity index is 2.05. The molecule has 0 aliphatic rings. The Bertz CT molecular complexity index is 764. The van der Waals surface area contributed by atoms with E-state index in [2.05, 4.69) is 5.32 Å². The van der Waals surface area contributed by atoms with Gasteiger partial charge in [0.1, 0.15) is 5.82 Å². The number of halogens is 1. The highest BCUT2D eigenvalue weighted by Gasteiger charge is 2.07. The maximum atomic E-state index is 12.8. The van der Waals surface area contributed by atoms with Crippen LogP contribution >= 0.6 is 0 Å². The fraction of sp³-hybridized carbons (Fsp3) is 0. The van der Waals surface area contributed by atoms with Gasteiger partial charge in [0.25, 0.3) is 5.91 Å². The lowest BCUT2D eigenvalue weighted by Crippen LogP contribution is -2.11. The third-order valence-electron chi connectivity index (χ3n) is 2.91. The zero-order valence-electron chi connectivity index (χ0n) is 11.8. The Labute approximate surface area is 131 Å². The van der Waals surface area contributed by atoms with Crippen molar-refractivity contribution < 1.29 is 23.9 Å². The number of benzene rings is 2. The molecule has 2 aromatic rings. The van der Waals surface area contributed by atoms with Crippen LogP contribution < -0.4 is 5.32 Å². The van der Waals surface area contributed by atoms with E-state index in [0.29, 0.717) is 16.8 Å². The number of nitrogens with one attached hydrogen (secondary N) is 1. The summed E-state index contributed by atoms with van der Waals surface area (Å²) in [6.07, 6.45) is 1.71. The SMILES string of the molecule is O=C(O)/C=C/C(=O)c1ccc(NC(=O)c2ccc(F)cc2)cc1. The fourth-order valence-corrected chi connectivity index (χ4v) is 1.77. The summed E-state index contributed by atoms with van der Waals surface area (Å²) in [7, 11) is 0. The smallest absolute Gasteiger partial charge is 0.328 e. The molecule has 1 amide bonds. The first-order chi connectivity index (χ1) is 11.0. The van der Waals surface area contributed by atoms with Crippen molar-refractivity contribution in [1.82, 2.24) is 0 Å². The van der Waals surface area contributed by atoms with Crippen LogP contribution in [0.15, 0.2) is 60.7 Å². The van der Waals surface area contributed by atoms with Gasteiger partial charge in [-0.15, -0.1) is 0 Å². The third-order valence-corrected chi connectivity index (χ3v) is 2.91. The van der Waals surface area contributed by atoms with Gasteiger partial charge >= 0.3 is 5.97 Å². The highest BCUT2D eigenvalue weighted by atomic mass is 19.1. The highest BCUT2D eigenvalue weighted by molar-refractivity contribution is 6.07. The molecule has 6 heteroatoms. The number of carboxylic acids is 1. The van der Waals surface area contributed by atoms with Gasteiger partial charge in [0.15, 0.2) is 5.78 Å². The lowest BCUT2D eigenvalue weighted by Gasteiger charge is -2.06. The molecular formula is C17H12FNO4. The average Bonchev–Trinajstić information content (AvgIpc) is 2.54. The van der Waals surface area contributed by atoms with Crippen molar-refractivity contribution >= 4 is 23.3 Å². The summed E-state index contributed by atoms with van der Waals surface area (Å²) in [5.41, 5.74) is 1.05. The van der Waals surface area contributed by atoms with Crippen LogP contribution in [-0.4, -0.2) is 22.8 Å². The van der Waals surface area contributed by atoms with Crippen LogP contribution in [0.3, 0.4) is 0 Å². The monoisotopic (exact) mass is 313 g/mol. The van der Waals surface area contributed by atoms with Crippen molar-refractivity contribution in [3.8, 4) is 0 Å². The van der Waals surface area contributed by atoms with E-state index in [9.17, 15) is 18.8 Å². The van der Waals surface area contributed by atoms with E-state index in [4.69, 9.17) is 5.11 Å². The standard InChI is InChI=1S/C17H12FNO4/c18-13-5-1-12(2-6-13)17(23)19-14-7-3-11(4-8-14)15(20)9-10-16(21)22/h1-10H,(H,19,23)(H,21,22)/b10-9+. The van der Waals surface area contributed by atoms with Crippen molar-refractivity contribution in [1.29, 1.82) is 0 Å². The number of hydrogen-bond donors (Lipinski definition) is 2. The molecule has 2 aromatic carbocycles. The van der Waals surface area contributed by atoms with Gasteiger partial charge in [0.05, 0.1) is 0 Å². The largest absolute Gasteiger partial charge is 0.478 e. The zero-order valence-corrected chi connectivity index (χ0v) is 11.8. The van der Waals surface area contributed by atoms with E-state index < -0.39 is 23.5 Å². The van der Waals surface area contributed by atoms with E-state index in [1.807, 2.05) is 0 Å². The molecule has 0 radical (unpaired) electrons. The number of amides is 1. The molecule has 0 unspecified atom stereocenters. The summed E-state index contributed by atoms with van der Waals surface area (Å²) in [5, 5.41) is 11.1. The molecule has 0 saturated carbocycles. The number of rotatable bonds is 5. The van der Waals surface area contributed by atoms with Crippen LogP contribution in [0.25, 0.3) is 0 Å². The zero-order chi connectivity index (χ0) is 16.8. The Kier molecular flexibility index (Phi) is 4.99. The molecular weight excluding hydrogens is 301 g/mol. The second-order valence-electron chi connectivity index (χ2n) is 4.57. The van der Waals surface area contributed by atoms with Gasteiger partial charge in [-0.05, 0) is 54.6 Å². The summed E-state index contributed by atoms with van der Waals surface area (Å²) in [6, 6.07) is 11.1. The molecule has 0 fully saturated rings. The molecule has 0 aromatic heterocycles. The molecule has 2 N–H and O–H groups in total. The first-order valence-corrected chi connectivity index (χ1v) is 6.58. The second kappa shape index (κ2) is 7.13. The van der Waals surface area contributed by atoms with E-state index in [0.717, 1.165) is 12.2 Å². The van der Waals surface area contributed by atoms with Crippen molar-refractivity contribution in [2.45, 2.75) is 0 Å². The van der Waals surface area contributed by atoms with Crippen LogP contribution in [0.5, 0.6) is 0 Å². The van der Waals surface area contributed by atoms with Gasteiger partial charge < -0.3 is 10.4 Å². The van der Waals surface area contributed by atoms with E-state index in [-0.39, 0.29) is 0 Å². The molecule has 0 atom stereocenters. The number of carbonyl (C=O) groups is 3. The topological polar surface area (TPSA) is 83.5 Å². The van der Waals surface area contributed by atoms with Crippen molar-refractivity contribution in [3.63, 3.8) is 0 Å². The second-order valence-corrected chi connectivity index (χ2v) is 4.57. The van der Waals surface area contributed by atoms with Crippen LogP contribution in [0.1, 0.15) is 20.7 Å². The first kappa shape index (κ1) is 16.1. The van der Waals surface area contributed by atoms with Gasteiger partial charge in [0, 0.05) is 22.9 Å². The lowest BCUT2D eigenvalue weighted by molar-refractivity contribution is -0.131. The Morgan fingerprint density at radius 3 is 2.00 bits per heavy atom. The quantitative estimate of drug-likeness (QED) is 0.656. The number of hydrogen-bond acceptors (Lipinski definition) is 3. The van der Waals surface area contributed by atoms with Crippen LogP contribution in [-0.2, 0) is 4.79 Å². The molecule has 0 heterocycles. The maximum absolute atomic E-state index is 12.8. The lowest BCUT2D eigenvalue weighted by atomic mass is 10.1. The Morgan fingerprint density at radius 2 is 1.43 bits per heavy atom. The molecule has 0 aliphatic carbocycles. The summed E-state index contributed by atoms with van der Waals surface area (Å²) >= 11 is 0. The van der Waals surface area contributed by atoms with E-state index in [1.165, 1.54) is 48.5 Å². The maximum Gasteiger partial charge on any atom is 0.328 e. The van der Waals surface area contributed by atoms with Crippen molar-refractivity contribution in [2.75, 3.05) is 5.32 Å². The molecule has 0 bridgehead atoms. The Hall–Kier alpha value is -3.28. The molecule has 0 saturated heterocycles.